The van der Waals surface area contributed by atoms with E-state index < -0.39 is 0 Å². The SMILES string of the molecule is Clc1ccc(CNCC2CCCC(Cl)C2)c(Cl)c1. The molecule has 1 saturated carbocycles. The molecule has 0 spiro atoms. The summed E-state index contributed by atoms with van der Waals surface area (Å²) in [5.74, 6) is 0.701. The third kappa shape index (κ3) is 4.31. The van der Waals surface area contributed by atoms with Crippen molar-refractivity contribution in [3.05, 3.63) is 33.8 Å². The van der Waals surface area contributed by atoms with E-state index in [2.05, 4.69) is 5.32 Å². The van der Waals surface area contributed by atoms with E-state index >= 15 is 0 Å². The lowest BCUT2D eigenvalue weighted by atomic mass is 9.89. The maximum absolute atomic E-state index is 6.19. The van der Waals surface area contributed by atoms with Crippen molar-refractivity contribution in [2.45, 2.75) is 37.6 Å². The van der Waals surface area contributed by atoms with Crippen molar-refractivity contribution in [1.29, 1.82) is 0 Å². The largest absolute Gasteiger partial charge is 0.312 e. The van der Waals surface area contributed by atoms with Gasteiger partial charge in [0.2, 0.25) is 0 Å². The molecule has 0 aromatic heterocycles. The van der Waals surface area contributed by atoms with Crippen LogP contribution < -0.4 is 5.32 Å². The van der Waals surface area contributed by atoms with Gasteiger partial charge in [-0.2, -0.15) is 0 Å². The Morgan fingerprint density at radius 3 is 2.78 bits per heavy atom. The second-order valence-corrected chi connectivity index (χ2v) is 6.46. The van der Waals surface area contributed by atoms with Gasteiger partial charge in [0, 0.05) is 22.0 Å². The Labute approximate surface area is 124 Å². The number of hydrogen-bond donors (Lipinski definition) is 1. The highest BCUT2D eigenvalue weighted by Crippen LogP contribution is 2.27. The number of hydrogen-bond acceptors (Lipinski definition) is 1. The smallest absolute Gasteiger partial charge is 0.0465 e. The van der Waals surface area contributed by atoms with Crippen molar-refractivity contribution in [2.24, 2.45) is 5.92 Å². The number of halogens is 3. The van der Waals surface area contributed by atoms with Crippen LogP contribution in [0, 0.1) is 5.92 Å². The molecule has 4 heteroatoms. The molecule has 0 heterocycles. The molecule has 1 nitrogen and oxygen atoms in total. The number of benzene rings is 1. The van der Waals surface area contributed by atoms with Crippen LogP contribution in [0.25, 0.3) is 0 Å². The first-order valence-corrected chi connectivity index (χ1v) is 7.63. The first-order valence-electron chi connectivity index (χ1n) is 6.44. The fraction of sp³-hybridized carbons (Fsp3) is 0.571. The summed E-state index contributed by atoms with van der Waals surface area (Å²) >= 11 is 18.2. The van der Waals surface area contributed by atoms with Crippen molar-refractivity contribution < 1.29 is 0 Å². The normalized spacial score (nSPS) is 24.2. The third-order valence-electron chi connectivity index (χ3n) is 3.48. The molecule has 0 aliphatic heterocycles. The molecule has 1 fully saturated rings. The van der Waals surface area contributed by atoms with Gasteiger partial charge in [-0.3, -0.25) is 0 Å². The molecule has 0 saturated heterocycles. The van der Waals surface area contributed by atoms with Crippen molar-refractivity contribution in [2.75, 3.05) is 6.54 Å². The Hall–Kier alpha value is 0.0500. The highest BCUT2D eigenvalue weighted by atomic mass is 35.5. The minimum Gasteiger partial charge on any atom is -0.312 e. The molecule has 2 rings (SSSR count). The highest BCUT2D eigenvalue weighted by molar-refractivity contribution is 6.35. The van der Waals surface area contributed by atoms with Crippen molar-refractivity contribution in [3.8, 4) is 0 Å². The molecule has 1 aliphatic carbocycles. The Bertz CT molecular complexity index is 395. The zero-order valence-electron chi connectivity index (χ0n) is 10.3. The molecule has 1 aromatic rings. The van der Waals surface area contributed by atoms with Crippen LogP contribution >= 0.6 is 34.8 Å². The molecule has 0 radical (unpaired) electrons. The standard InChI is InChI=1S/C14H18Cl3N/c15-12-3-1-2-10(6-12)8-18-9-11-4-5-13(16)7-14(11)17/h4-5,7,10,12,18H,1-3,6,8-9H2. The van der Waals surface area contributed by atoms with Crippen LogP contribution in [0.15, 0.2) is 18.2 Å². The summed E-state index contributed by atoms with van der Waals surface area (Å²) in [4.78, 5) is 0. The summed E-state index contributed by atoms with van der Waals surface area (Å²) in [6, 6.07) is 5.64. The summed E-state index contributed by atoms with van der Waals surface area (Å²) in [6.45, 7) is 1.81. The van der Waals surface area contributed by atoms with Crippen LogP contribution in [0.3, 0.4) is 0 Å². The average molecular weight is 307 g/mol. The summed E-state index contributed by atoms with van der Waals surface area (Å²) in [7, 11) is 0. The van der Waals surface area contributed by atoms with Gasteiger partial charge in [-0.15, -0.1) is 11.6 Å². The fourth-order valence-corrected chi connectivity index (χ4v) is 3.37. The second-order valence-electron chi connectivity index (χ2n) is 5.00. The van der Waals surface area contributed by atoms with Gasteiger partial charge >= 0.3 is 0 Å². The van der Waals surface area contributed by atoms with Crippen LogP contribution in [0.2, 0.25) is 10.0 Å². The lowest BCUT2D eigenvalue weighted by molar-refractivity contribution is 0.346. The quantitative estimate of drug-likeness (QED) is 0.782. The molecular weight excluding hydrogens is 289 g/mol. The van der Waals surface area contributed by atoms with E-state index in [0.29, 0.717) is 16.3 Å². The molecule has 1 aliphatic rings. The van der Waals surface area contributed by atoms with Crippen LogP contribution in [0.1, 0.15) is 31.2 Å². The Balaban J connectivity index is 1.77. The minimum atomic E-state index is 0.365. The monoisotopic (exact) mass is 305 g/mol. The van der Waals surface area contributed by atoms with E-state index in [1.54, 1.807) is 6.07 Å². The first kappa shape index (κ1) is 14.5. The van der Waals surface area contributed by atoms with Crippen LogP contribution in [-0.4, -0.2) is 11.9 Å². The van der Waals surface area contributed by atoms with Gasteiger partial charge in [-0.1, -0.05) is 35.7 Å². The average Bonchev–Trinajstić information content (AvgIpc) is 2.32. The van der Waals surface area contributed by atoms with E-state index in [4.69, 9.17) is 34.8 Å². The second kappa shape index (κ2) is 7.00. The lowest BCUT2D eigenvalue weighted by Crippen LogP contribution is -2.27. The Morgan fingerprint density at radius 1 is 1.22 bits per heavy atom. The van der Waals surface area contributed by atoms with Crippen molar-refractivity contribution in [1.82, 2.24) is 5.32 Å². The first-order chi connectivity index (χ1) is 8.65. The predicted molar refractivity (Wildman–Crippen MR) is 79.8 cm³/mol. The predicted octanol–water partition coefficient (Wildman–Crippen LogP) is 4.88. The molecular formula is C14H18Cl3N. The zero-order valence-corrected chi connectivity index (χ0v) is 12.5. The molecule has 1 N–H and O–H groups in total. The highest BCUT2D eigenvalue weighted by Gasteiger charge is 2.19. The van der Waals surface area contributed by atoms with E-state index in [9.17, 15) is 0 Å². The van der Waals surface area contributed by atoms with Gasteiger partial charge in [0.15, 0.2) is 0 Å². The van der Waals surface area contributed by atoms with E-state index in [1.165, 1.54) is 19.3 Å². The van der Waals surface area contributed by atoms with Crippen LogP contribution in [0.5, 0.6) is 0 Å². The molecule has 1 aromatic carbocycles. The molecule has 2 unspecified atom stereocenters. The van der Waals surface area contributed by atoms with Gasteiger partial charge < -0.3 is 5.32 Å². The number of alkyl halides is 1. The van der Waals surface area contributed by atoms with E-state index in [1.807, 2.05) is 12.1 Å². The fourth-order valence-electron chi connectivity index (χ4n) is 2.49. The zero-order chi connectivity index (χ0) is 13.0. The van der Waals surface area contributed by atoms with Gasteiger partial charge in [-0.05, 0) is 49.4 Å². The molecule has 0 amide bonds. The maximum atomic E-state index is 6.19. The van der Waals surface area contributed by atoms with Crippen molar-refractivity contribution >= 4 is 34.8 Å². The molecule has 18 heavy (non-hydrogen) atoms. The van der Waals surface area contributed by atoms with Gasteiger partial charge in [0.1, 0.15) is 0 Å². The minimum absolute atomic E-state index is 0.365. The number of nitrogens with one attached hydrogen (secondary N) is 1. The Kier molecular flexibility index (Phi) is 5.62. The molecule has 0 bridgehead atoms. The Morgan fingerprint density at radius 2 is 2.06 bits per heavy atom. The van der Waals surface area contributed by atoms with E-state index in [-0.39, 0.29) is 0 Å². The third-order valence-corrected chi connectivity index (χ3v) is 4.47. The summed E-state index contributed by atoms with van der Waals surface area (Å²) in [5.41, 5.74) is 1.10. The van der Waals surface area contributed by atoms with Crippen molar-refractivity contribution in [3.63, 3.8) is 0 Å². The topological polar surface area (TPSA) is 12.0 Å². The lowest BCUT2D eigenvalue weighted by Gasteiger charge is -2.25. The summed E-state index contributed by atoms with van der Waals surface area (Å²) < 4.78 is 0. The van der Waals surface area contributed by atoms with Gasteiger partial charge in [0.05, 0.1) is 0 Å². The maximum Gasteiger partial charge on any atom is 0.0465 e. The molecule has 2 atom stereocenters. The number of rotatable bonds is 4. The van der Waals surface area contributed by atoms with Crippen LogP contribution in [-0.2, 0) is 6.54 Å². The summed E-state index contributed by atoms with van der Waals surface area (Å²) in [5, 5.41) is 5.24. The summed E-state index contributed by atoms with van der Waals surface area (Å²) in [6.07, 6.45) is 4.83. The van der Waals surface area contributed by atoms with E-state index in [0.717, 1.165) is 30.1 Å². The van der Waals surface area contributed by atoms with Gasteiger partial charge in [0.25, 0.3) is 0 Å². The van der Waals surface area contributed by atoms with Crippen LogP contribution in [0.4, 0.5) is 0 Å². The van der Waals surface area contributed by atoms with Gasteiger partial charge in [-0.25, -0.2) is 0 Å². The molecule has 100 valence electrons.